The minimum absolute atomic E-state index is 0.294. The summed E-state index contributed by atoms with van der Waals surface area (Å²) in [5, 5.41) is 8.50. The summed E-state index contributed by atoms with van der Waals surface area (Å²) in [6.07, 6.45) is 0.294. The number of hydrogen-bond acceptors (Lipinski definition) is 3. The van der Waals surface area contributed by atoms with Crippen LogP contribution in [0.3, 0.4) is 0 Å². The number of nitrogens with zero attached hydrogens (tertiary/aromatic N) is 1. The quantitative estimate of drug-likeness (QED) is 0.570. The number of nitriles is 1. The molecule has 0 saturated carbocycles. The van der Waals surface area contributed by atoms with Gasteiger partial charge in [0.2, 0.25) is 0 Å². The van der Waals surface area contributed by atoms with Gasteiger partial charge in [-0.2, -0.15) is 5.26 Å². The van der Waals surface area contributed by atoms with Crippen LogP contribution in [0.5, 0.6) is 0 Å². The lowest BCUT2D eigenvalue weighted by molar-refractivity contribution is 1.06. The Bertz CT molecular complexity index is 292. The van der Waals surface area contributed by atoms with E-state index in [1.165, 1.54) is 5.56 Å². The monoisotopic (exact) mass is 145 g/mol. The smallest absolute Gasteiger partial charge is 0.109 e. The average Bonchev–Trinajstić information content (AvgIpc) is 2.87. The van der Waals surface area contributed by atoms with Crippen molar-refractivity contribution in [3.05, 3.63) is 35.4 Å². The van der Waals surface area contributed by atoms with Crippen molar-refractivity contribution in [1.82, 2.24) is 10.9 Å². The van der Waals surface area contributed by atoms with Crippen molar-refractivity contribution < 1.29 is 0 Å². The van der Waals surface area contributed by atoms with Gasteiger partial charge < -0.3 is 0 Å². The molecule has 0 atom stereocenters. The molecule has 1 aliphatic heterocycles. The molecule has 3 heteroatoms. The summed E-state index contributed by atoms with van der Waals surface area (Å²) in [6.45, 7) is 0. The highest BCUT2D eigenvalue weighted by molar-refractivity contribution is 5.33. The molecule has 0 bridgehead atoms. The van der Waals surface area contributed by atoms with E-state index in [1.807, 2.05) is 24.3 Å². The zero-order valence-electron chi connectivity index (χ0n) is 5.83. The maximum atomic E-state index is 8.50. The predicted octanol–water partition coefficient (Wildman–Crippen LogP) is 0.665. The third-order valence-electron chi connectivity index (χ3n) is 1.66. The fourth-order valence-corrected chi connectivity index (χ4v) is 0.958. The summed E-state index contributed by atoms with van der Waals surface area (Å²) in [5.74, 6) is 0. The molecule has 0 unspecified atom stereocenters. The second kappa shape index (κ2) is 2.35. The average molecular weight is 145 g/mol. The largest absolute Gasteiger partial charge is 0.234 e. The Morgan fingerprint density at radius 3 is 2.27 bits per heavy atom. The van der Waals surface area contributed by atoms with Crippen LogP contribution in [-0.4, -0.2) is 0 Å². The third kappa shape index (κ3) is 1.22. The first-order valence-electron chi connectivity index (χ1n) is 3.41. The lowest BCUT2D eigenvalue weighted by Gasteiger charge is -1.93. The molecular weight excluding hydrogens is 138 g/mol. The molecule has 2 N–H and O–H groups in total. The first-order chi connectivity index (χ1) is 5.40. The summed E-state index contributed by atoms with van der Waals surface area (Å²) in [6, 6.07) is 9.59. The van der Waals surface area contributed by atoms with E-state index in [9.17, 15) is 0 Å². The zero-order valence-corrected chi connectivity index (χ0v) is 5.83. The lowest BCUT2D eigenvalue weighted by Crippen LogP contribution is -1.84. The SMILES string of the molecule is N#Cc1ccc(C2NN2)cc1. The van der Waals surface area contributed by atoms with Gasteiger partial charge in [-0.25, -0.2) is 10.9 Å². The van der Waals surface area contributed by atoms with E-state index >= 15 is 0 Å². The van der Waals surface area contributed by atoms with Crippen molar-refractivity contribution in [2.75, 3.05) is 0 Å². The molecule has 1 heterocycles. The maximum absolute atomic E-state index is 8.50. The molecular formula is C8H7N3. The van der Waals surface area contributed by atoms with Crippen LogP contribution in [0.1, 0.15) is 17.3 Å². The highest BCUT2D eigenvalue weighted by Gasteiger charge is 2.20. The van der Waals surface area contributed by atoms with Crippen LogP contribution in [0.25, 0.3) is 0 Å². The van der Waals surface area contributed by atoms with Crippen LogP contribution < -0.4 is 10.9 Å². The van der Waals surface area contributed by atoms with Gasteiger partial charge in [-0.1, -0.05) is 12.1 Å². The molecule has 2 rings (SSSR count). The Kier molecular flexibility index (Phi) is 1.35. The minimum atomic E-state index is 0.294. The van der Waals surface area contributed by atoms with Crippen LogP contribution in [0.2, 0.25) is 0 Å². The standard InChI is InChI=1S/C8H7N3/c9-5-6-1-3-7(4-2-6)8-10-11-8/h1-4,8,10-11H. The molecule has 54 valence electrons. The molecule has 1 fully saturated rings. The van der Waals surface area contributed by atoms with Crippen molar-refractivity contribution in [3.63, 3.8) is 0 Å². The topological polar surface area (TPSA) is 67.7 Å². The number of rotatable bonds is 1. The van der Waals surface area contributed by atoms with Gasteiger partial charge in [-0.3, -0.25) is 0 Å². The van der Waals surface area contributed by atoms with Gasteiger partial charge in [0, 0.05) is 0 Å². The first kappa shape index (κ1) is 6.35. The molecule has 0 amide bonds. The molecule has 1 aromatic rings. The van der Waals surface area contributed by atoms with Gasteiger partial charge in [0.15, 0.2) is 0 Å². The summed E-state index contributed by atoms with van der Waals surface area (Å²) >= 11 is 0. The fourth-order valence-electron chi connectivity index (χ4n) is 0.958. The van der Waals surface area contributed by atoms with Gasteiger partial charge in [-0.15, -0.1) is 0 Å². The van der Waals surface area contributed by atoms with E-state index in [0.29, 0.717) is 11.7 Å². The van der Waals surface area contributed by atoms with E-state index in [2.05, 4.69) is 16.9 Å². The van der Waals surface area contributed by atoms with E-state index in [1.54, 1.807) is 0 Å². The molecule has 0 aliphatic carbocycles. The second-order valence-corrected chi connectivity index (χ2v) is 2.46. The van der Waals surface area contributed by atoms with Crippen LogP contribution in [0.15, 0.2) is 24.3 Å². The highest BCUT2D eigenvalue weighted by atomic mass is 15.6. The van der Waals surface area contributed by atoms with E-state index in [-0.39, 0.29) is 0 Å². The molecule has 0 aromatic heterocycles. The van der Waals surface area contributed by atoms with Gasteiger partial charge in [0.05, 0.1) is 11.6 Å². The summed E-state index contributed by atoms with van der Waals surface area (Å²) in [7, 11) is 0. The van der Waals surface area contributed by atoms with Crippen molar-refractivity contribution in [1.29, 1.82) is 5.26 Å². The van der Waals surface area contributed by atoms with E-state index in [4.69, 9.17) is 5.26 Å². The third-order valence-corrected chi connectivity index (χ3v) is 1.66. The van der Waals surface area contributed by atoms with Gasteiger partial charge in [0.1, 0.15) is 6.17 Å². The number of hydrogen-bond donors (Lipinski definition) is 2. The second-order valence-electron chi connectivity index (χ2n) is 2.46. The minimum Gasteiger partial charge on any atom is -0.234 e. The van der Waals surface area contributed by atoms with Crippen molar-refractivity contribution in [3.8, 4) is 6.07 Å². The van der Waals surface area contributed by atoms with E-state index < -0.39 is 0 Å². The Hall–Kier alpha value is -1.37. The molecule has 11 heavy (non-hydrogen) atoms. The van der Waals surface area contributed by atoms with Crippen molar-refractivity contribution in [2.24, 2.45) is 0 Å². The predicted molar refractivity (Wildman–Crippen MR) is 40.2 cm³/mol. The summed E-state index contributed by atoms with van der Waals surface area (Å²) < 4.78 is 0. The first-order valence-corrected chi connectivity index (χ1v) is 3.41. The van der Waals surface area contributed by atoms with E-state index in [0.717, 1.165) is 0 Å². The molecule has 0 spiro atoms. The molecule has 1 saturated heterocycles. The van der Waals surface area contributed by atoms with Gasteiger partial charge in [0.25, 0.3) is 0 Å². The Labute approximate surface area is 64.6 Å². The zero-order chi connectivity index (χ0) is 7.68. The maximum Gasteiger partial charge on any atom is 0.109 e. The molecule has 3 nitrogen and oxygen atoms in total. The Morgan fingerprint density at radius 1 is 1.18 bits per heavy atom. The number of benzene rings is 1. The van der Waals surface area contributed by atoms with Crippen LogP contribution in [-0.2, 0) is 0 Å². The molecule has 1 aromatic carbocycles. The van der Waals surface area contributed by atoms with Crippen LogP contribution >= 0.6 is 0 Å². The van der Waals surface area contributed by atoms with Crippen LogP contribution in [0, 0.1) is 11.3 Å². The Morgan fingerprint density at radius 2 is 1.82 bits per heavy atom. The number of nitrogens with one attached hydrogen (secondary N) is 2. The summed E-state index contributed by atoms with van der Waals surface area (Å²) in [5.41, 5.74) is 7.78. The van der Waals surface area contributed by atoms with Crippen molar-refractivity contribution in [2.45, 2.75) is 6.17 Å². The summed E-state index contributed by atoms with van der Waals surface area (Å²) in [4.78, 5) is 0. The lowest BCUT2D eigenvalue weighted by atomic mass is 10.1. The normalized spacial score (nSPS) is 15.9. The Balaban J connectivity index is 2.27. The fraction of sp³-hybridized carbons (Fsp3) is 0.125. The highest BCUT2D eigenvalue weighted by Crippen LogP contribution is 2.15. The van der Waals surface area contributed by atoms with Crippen molar-refractivity contribution >= 4 is 0 Å². The van der Waals surface area contributed by atoms with Gasteiger partial charge in [-0.05, 0) is 17.7 Å². The van der Waals surface area contributed by atoms with Crippen LogP contribution in [0.4, 0.5) is 0 Å². The molecule has 0 radical (unpaired) electrons. The number of hydrazine groups is 1. The molecule has 1 aliphatic rings. The van der Waals surface area contributed by atoms with Gasteiger partial charge >= 0.3 is 0 Å².